The largest absolute Gasteiger partial charge is 0.484 e. The lowest BCUT2D eigenvalue weighted by Crippen LogP contribution is -2.19. The van der Waals surface area contributed by atoms with E-state index in [1.54, 1.807) is 42.2 Å². The first-order valence-electron chi connectivity index (χ1n) is 5.85. The number of nitrogens with two attached hydrogens (primary N) is 1. The van der Waals surface area contributed by atoms with Gasteiger partial charge < -0.3 is 20.4 Å². The molecule has 1 amide bonds. The van der Waals surface area contributed by atoms with Crippen molar-refractivity contribution in [3.63, 3.8) is 0 Å². The minimum atomic E-state index is -0.267. The number of imidazole rings is 1. The summed E-state index contributed by atoms with van der Waals surface area (Å²) in [6.45, 7) is 0.119. The van der Waals surface area contributed by atoms with E-state index in [0.29, 0.717) is 17.1 Å². The van der Waals surface area contributed by atoms with E-state index in [2.05, 4.69) is 10.3 Å². The monoisotopic (exact) mass is 290 g/mol. The summed E-state index contributed by atoms with van der Waals surface area (Å²) in [5, 5.41) is 2.77. The first-order chi connectivity index (χ1) is 9.58. The lowest BCUT2D eigenvalue weighted by Gasteiger charge is -2.12. The molecule has 104 valence electrons. The SMILES string of the molecule is Cn1cncc1C(=O)Nc1ccccc1OCC(N)=S. The second-order valence-corrected chi connectivity index (χ2v) is 4.62. The van der Waals surface area contributed by atoms with E-state index in [-0.39, 0.29) is 17.5 Å². The van der Waals surface area contributed by atoms with Crippen molar-refractivity contribution in [3.05, 3.63) is 42.5 Å². The summed E-state index contributed by atoms with van der Waals surface area (Å²) in [6.07, 6.45) is 3.05. The van der Waals surface area contributed by atoms with Crippen LogP contribution in [-0.2, 0) is 7.05 Å². The number of aryl methyl sites for hydroxylation is 1. The van der Waals surface area contributed by atoms with Crippen molar-refractivity contribution >= 4 is 28.8 Å². The van der Waals surface area contributed by atoms with Gasteiger partial charge in [0, 0.05) is 7.05 Å². The minimum absolute atomic E-state index is 0.119. The number of aromatic nitrogens is 2. The summed E-state index contributed by atoms with van der Waals surface area (Å²) in [6, 6.07) is 7.07. The Bertz CT molecular complexity index is 639. The van der Waals surface area contributed by atoms with Crippen LogP contribution in [0.4, 0.5) is 5.69 Å². The molecule has 20 heavy (non-hydrogen) atoms. The van der Waals surface area contributed by atoms with Gasteiger partial charge in [0.05, 0.1) is 18.2 Å². The maximum Gasteiger partial charge on any atom is 0.274 e. The molecule has 0 aliphatic heterocycles. The highest BCUT2D eigenvalue weighted by Gasteiger charge is 2.12. The van der Waals surface area contributed by atoms with E-state index < -0.39 is 0 Å². The van der Waals surface area contributed by atoms with Gasteiger partial charge in [-0.1, -0.05) is 24.4 Å². The average molecular weight is 290 g/mol. The Morgan fingerprint density at radius 2 is 2.25 bits per heavy atom. The van der Waals surface area contributed by atoms with Crippen LogP contribution in [0.1, 0.15) is 10.5 Å². The highest BCUT2D eigenvalue weighted by molar-refractivity contribution is 7.80. The van der Waals surface area contributed by atoms with Crippen molar-refractivity contribution < 1.29 is 9.53 Å². The van der Waals surface area contributed by atoms with Crippen molar-refractivity contribution in [1.29, 1.82) is 0 Å². The van der Waals surface area contributed by atoms with E-state index in [1.165, 1.54) is 6.20 Å². The van der Waals surface area contributed by atoms with Gasteiger partial charge in [-0.2, -0.15) is 0 Å². The van der Waals surface area contributed by atoms with E-state index in [1.807, 2.05) is 0 Å². The second-order valence-electron chi connectivity index (χ2n) is 4.10. The third-order valence-electron chi connectivity index (χ3n) is 2.55. The molecule has 0 bridgehead atoms. The molecular weight excluding hydrogens is 276 g/mol. The van der Waals surface area contributed by atoms with Gasteiger partial charge >= 0.3 is 0 Å². The number of carbonyl (C=O) groups excluding carboxylic acids is 1. The van der Waals surface area contributed by atoms with Gasteiger partial charge in [-0.25, -0.2) is 4.98 Å². The molecule has 0 aliphatic rings. The number of rotatable bonds is 5. The molecule has 0 atom stereocenters. The zero-order valence-corrected chi connectivity index (χ0v) is 11.7. The summed E-state index contributed by atoms with van der Waals surface area (Å²) in [4.78, 5) is 16.3. The minimum Gasteiger partial charge on any atom is -0.484 e. The summed E-state index contributed by atoms with van der Waals surface area (Å²) in [5.41, 5.74) is 6.40. The molecule has 1 aromatic carbocycles. The maximum atomic E-state index is 12.1. The number of benzene rings is 1. The smallest absolute Gasteiger partial charge is 0.274 e. The van der Waals surface area contributed by atoms with Crippen LogP contribution in [0, 0.1) is 0 Å². The number of hydrogen-bond donors (Lipinski definition) is 2. The number of carbonyl (C=O) groups is 1. The molecule has 3 N–H and O–H groups in total. The van der Waals surface area contributed by atoms with Crippen molar-refractivity contribution in [2.45, 2.75) is 0 Å². The lowest BCUT2D eigenvalue weighted by atomic mass is 10.3. The predicted molar refractivity (Wildman–Crippen MR) is 79.9 cm³/mol. The van der Waals surface area contributed by atoms with Crippen LogP contribution in [0.3, 0.4) is 0 Å². The number of nitrogens with one attached hydrogen (secondary N) is 1. The molecule has 1 aromatic heterocycles. The molecule has 6 nitrogen and oxygen atoms in total. The van der Waals surface area contributed by atoms with E-state index in [4.69, 9.17) is 22.7 Å². The highest BCUT2D eigenvalue weighted by Crippen LogP contribution is 2.24. The van der Waals surface area contributed by atoms with Gasteiger partial charge in [0.25, 0.3) is 5.91 Å². The number of ether oxygens (including phenoxy) is 1. The summed E-state index contributed by atoms with van der Waals surface area (Å²) in [7, 11) is 1.75. The Hall–Kier alpha value is -2.41. The molecule has 0 saturated carbocycles. The summed E-state index contributed by atoms with van der Waals surface area (Å²) < 4.78 is 7.08. The van der Waals surface area contributed by atoms with Crippen molar-refractivity contribution in [2.24, 2.45) is 12.8 Å². The predicted octanol–water partition coefficient (Wildman–Crippen LogP) is 1.34. The second kappa shape index (κ2) is 6.16. The fourth-order valence-electron chi connectivity index (χ4n) is 1.61. The van der Waals surface area contributed by atoms with Crippen molar-refractivity contribution in [2.75, 3.05) is 11.9 Å². The number of nitrogens with zero attached hydrogens (tertiary/aromatic N) is 2. The molecule has 0 aliphatic carbocycles. The van der Waals surface area contributed by atoms with Gasteiger partial charge in [0.1, 0.15) is 23.0 Å². The molecule has 7 heteroatoms. The quantitative estimate of drug-likeness (QED) is 0.812. The number of thiocarbonyl (C=S) groups is 1. The topological polar surface area (TPSA) is 82.2 Å². The van der Waals surface area contributed by atoms with Crippen LogP contribution >= 0.6 is 12.2 Å². The number of hydrogen-bond acceptors (Lipinski definition) is 4. The van der Waals surface area contributed by atoms with E-state index in [0.717, 1.165) is 0 Å². The van der Waals surface area contributed by atoms with Crippen LogP contribution in [0.5, 0.6) is 5.75 Å². The van der Waals surface area contributed by atoms with Gasteiger partial charge in [0.2, 0.25) is 0 Å². The molecule has 2 rings (SSSR count). The third kappa shape index (κ3) is 3.33. The first kappa shape index (κ1) is 14.0. The maximum absolute atomic E-state index is 12.1. The number of anilines is 1. The first-order valence-corrected chi connectivity index (χ1v) is 6.26. The Kier molecular flexibility index (Phi) is 4.31. The normalized spacial score (nSPS) is 10.1. The Morgan fingerprint density at radius 1 is 1.50 bits per heavy atom. The fraction of sp³-hybridized carbons (Fsp3) is 0.154. The average Bonchev–Trinajstić information content (AvgIpc) is 2.84. The zero-order valence-electron chi connectivity index (χ0n) is 10.9. The van der Waals surface area contributed by atoms with Gasteiger partial charge in [-0.05, 0) is 12.1 Å². The number of para-hydroxylation sites is 2. The Morgan fingerprint density at radius 3 is 2.90 bits per heavy atom. The van der Waals surface area contributed by atoms with Gasteiger partial charge in [-0.15, -0.1) is 0 Å². The molecular formula is C13H14N4O2S. The van der Waals surface area contributed by atoms with Gasteiger partial charge in [0.15, 0.2) is 0 Å². The third-order valence-corrected chi connectivity index (χ3v) is 2.67. The van der Waals surface area contributed by atoms with Crippen LogP contribution in [0.25, 0.3) is 0 Å². The fourth-order valence-corrected chi connectivity index (χ4v) is 1.67. The molecule has 0 spiro atoms. The molecule has 2 aromatic rings. The van der Waals surface area contributed by atoms with Crippen molar-refractivity contribution in [1.82, 2.24) is 9.55 Å². The van der Waals surface area contributed by atoms with Crippen LogP contribution < -0.4 is 15.8 Å². The molecule has 1 heterocycles. The molecule has 0 saturated heterocycles. The van der Waals surface area contributed by atoms with Crippen molar-refractivity contribution in [3.8, 4) is 5.75 Å². The molecule has 0 radical (unpaired) electrons. The molecule has 0 fully saturated rings. The van der Waals surface area contributed by atoms with Crippen LogP contribution in [0.15, 0.2) is 36.8 Å². The van der Waals surface area contributed by atoms with E-state index in [9.17, 15) is 4.79 Å². The number of amides is 1. The Labute approximate surface area is 121 Å². The zero-order chi connectivity index (χ0) is 14.5. The summed E-state index contributed by atoms with van der Waals surface area (Å²) in [5.74, 6) is 0.243. The lowest BCUT2D eigenvalue weighted by molar-refractivity contribution is 0.101. The molecule has 0 unspecified atom stereocenters. The summed E-state index contributed by atoms with van der Waals surface area (Å²) >= 11 is 4.76. The van der Waals surface area contributed by atoms with Crippen LogP contribution in [-0.4, -0.2) is 27.1 Å². The van der Waals surface area contributed by atoms with E-state index >= 15 is 0 Å². The van der Waals surface area contributed by atoms with Crippen LogP contribution in [0.2, 0.25) is 0 Å². The highest BCUT2D eigenvalue weighted by atomic mass is 32.1. The standard InChI is InChI=1S/C13H14N4O2S/c1-17-8-15-6-10(17)13(18)16-9-4-2-3-5-11(9)19-7-12(14)20/h2-6,8H,7H2,1H3,(H2,14,20)(H,16,18). The van der Waals surface area contributed by atoms with Gasteiger partial charge in [-0.3, -0.25) is 4.79 Å². The Balaban J connectivity index is 2.15.